The molecule has 0 spiro atoms. The van der Waals surface area contributed by atoms with Crippen LogP contribution in [0, 0.1) is 0 Å². The quantitative estimate of drug-likeness (QED) is 0.181. The van der Waals surface area contributed by atoms with Crippen LogP contribution in [0.3, 0.4) is 0 Å². The topological polar surface area (TPSA) is 93.6 Å². The lowest BCUT2D eigenvalue weighted by Crippen LogP contribution is -2.28. The standard InChI is InChI=1S/C35H35N5O2/c1-24(26-9-4-2-5-10-26)37-34(41)27-14-17-31-30(21-27)32(35(42)39-31)33(28-11-8-18-36-22-28)38-29-15-12-25(13-16-29)23-40-19-6-3-7-20-40/h2,4-5,8-18,21-22,24,39,42H,3,6-7,19-20,23H2,1H3,(H,37,41)/t24-/m1/s1. The van der Waals surface area contributed by atoms with Crippen LogP contribution in [-0.4, -0.2) is 44.7 Å². The van der Waals surface area contributed by atoms with E-state index >= 15 is 0 Å². The van der Waals surface area contributed by atoms with Gasteiger partial charge in [0.2, 0.25) is 0 Å². The first kappa shape index (κ1) is 27.4. The molecule has 1 fully saturated rings. The summed E-state index contributed by atoms with van der Waals surface area (Å²) in [6.07, 6.45) is 7.30. The molecule has 0 saturated carbocycles. The van der Waals surface area contributed by atoms with Crippen molar-refractivity contribution in [3.63, 3.8) is 0 Å². The number of aliphatic imine (C=N–C) groups is 1. The van der Waals surface area contributed by atoms with Gasteiger partial charge in [0.15, 0.2) is 5.88 Å². The molecule has 7 heteroatoms. The number of carbonyl (C=O) groups excluding carboxylic acids is 1. The lowest BCUT2D eigenvalue weighted by Gasteiger charge is -2.26. The Hall–Kier alpha value is -4.75. The van der Waals surface area contributed by atoms with E-state index in [4.69, 9.17) is 4.99 Å². The maximum absolute atomic E-state index is 13.3. The predicted octanol–water partition coefficient (Wildman–Crippen LogP) is 6.91. The second kappa shape index (κ2) is 12.4. The van der Waals surface area contributed by atoms with Crippen LogP contribution < -0.4 is 5.32 Å². The average Bonchev–Trinajstić information content (AvgIpc) is 3.36. The Bertz CT molecular complexity index is 1690. The summed E-state index contributed by atoms with van der Waals surface area (Å²) in [7, 11) is 0. The molecule has 2 aromatic heterocycles. The highest BCUT2D eigenvalue weighted by Crippen LogP contribution is 2.32. The average molecular weight is 558 g/mol. The van der Waals surface area contributed by atoms with E-state index in [1.807, 2.05) is 73.7 Å². The SMILES string of the molecule is C[C@@H](NC(=O)c1ccc2[nH]c(O)c(C(=Nc3ccc(CN4CCCCC4)cc3)c3cccnc3)c2c1)c1ccccc1. The number of rotatable bonds is 8. The Morgan fingerprint density at radius 1 is 0.976 bits per heavy atom. The van der Waals surface area contributed by atoms with Crippen LogP contribution in [-0.2, 0) is 6.54 Å². The molecule has 1 aliphatic heterocycles. The molecule has 3 heterocycles. The number of H-pyrrole nitrogens is 1. The molecule has 1 aliphatic rings. The van der Waals surface area contributed by atoms with Crippen molar-refractivity contribution in [1.29, 1.82) is 0 Å². The van der Waals surface area contributed by atoms with Gasteiger partial charge in [-0.05, 0) is 86.4 Å². The molecule has 3 N–H and O–H groups in total. The molecular weight excluding hydrogens is 522 g/mol. The third-order valence-electron chi connectivity index (χ3n) is 7.89. The monoisotopic (exact) mass is 557 g/mol. The predicted molar refractivity (Wildman–Crippen MR) is 167 cm³/mol. The van der Waals surface area contributed by atoms with Gasteiger partial charge in [-0.15, -0.1) is 0 Å². The fourth-order valence-electron chi connectivity index (χ4n) is 5.61. The van der Waals surface area contributed by atoms with Crippen molar-refractivity contribution in [1.82, 2.24) is 20.2 Å². The summed E-state index contributed by atoms with van der Waals surface area (Å²) >= 11 is 0. The zero-order valence-corrected chi connectivity index (χ0v) is 23.8. The molecule has 1 saturated heterocycles. The third-order valence-corrected chi connectivity index (χ3v) is 7.89. The highest BCUT2D eigenvalue weighted by molar-refractivity contribution is 6.22. The van der Waals surface area contributed by atoms with Crippen molar-refractivity contribution < 1.29 is 9.90 Å². The maximum Gasteiger partial charge on any atom is 0.251 e. The number of aromatic nitrogens is 2. The number of hydrogen-bond acceptors (Lipinski definition) is 5. The van der Waals surface area contributed by atoms with Gasteiger partial charge in [0.05, 0.1) is 23.0 Å². The largest absolute Gasteiger partial charge is 0.494 e. The van der Waals surface area contributed by atoms with Crippen molar-refractivity contribution in [3.8, 4) is 5.88 Å². The number of piperidine rings is 1. The number of benzene rings is 3. The summed E-state index contributed by atoms with van der Waals surface area (Å²) in [6.45, 7) is 5.20. The Morgan fingerprint density at radius 3 is 2.50 bits per heavy atom. The van der Waals surface area contributed by atoms with Crippen molar-refractivity contribution in [2.24, 2.45) is 4.99 Å². The number of hydrogen-bond donors (Lipinski definition) is 3. The number of nitrogens with one attached hydrogen (secondary N) is 2. The van der Waals surface area contributed by atoms with E-state index in [1.54, 1.807) is 18.5 Å². The van der Waals surface area contributed by atoms with Crippen molar-refractivity contribution in [3.05, 3.63) is 125 Å². The molecular formula is C35H35N5O2. The smallest absolute Gasteiger partial charge is 0.251 e. The van der Waals surface area contributed by atoms with Gasteiger partial charge in [-0.1, -0.05) is 48.9 Å². The molecule has 6 rings (SSSR count). The fourth-order valence-corrected chi connectivity index (χ4v) is 5.61. The summed E-state index contributed by atoms with van der Waals surface area (Å²) in [4.78, 5) is 28.2. The molecule has 1 atom stereocenters. The summed E-state index contributed by atoms with van der Waals surface area (Å²) in [5, 5.41) is 14.9. The first-order valence-corrected chi connectivity index (χ1v) is 14.6. The van der Waals surface area contributed by atoms with Crippen LogP contribution >= 0.6 is 0 Å². The number of carbonyl (C=O) groups is 1. The van der Waals surface area contributed by atoms with E-state index < -0.39 is 0 Å². The van der Waals surface area contributed by atoms with Crippen LogP contribution in [0.1, 0.15) is 64.8 Å². The molecule has 3 aromatic carbocycles. The lowest BCUT2D eigenvalue weighted by molar-refractivity contribution is 0.0940. The molecule has 212 valence electrons. The van der Waals surface area contributed by atoms with Crippen molar-refractivity contribution >= 4 is 28.2 Å². The van der Waals surface area contributed by atoms with Gasteiger partial charge in [0.25, 0.3) is 5.91 Å². The third kappa shape index (κ3) is 6.11. The summed E-state index contributed by atoms with van der Waals surface area (Å²) in [6, 6.07) is 27.2. The van der Waals surface area contributed by atoms with E-state index in [-0.39, 0.29) is 17.8 Å². The van der Waals surface area contributed by atoms with Crippen LogP contribution in [0.25, 0.3) is 10.9 Å². The Morgan fingerprint density at radius 2 is 1.76 bits per heavy atom. The summed E-state index contributed by atoms with van der Waals surface area (Å²) in [5.74, 6) is -0.200. The normalized spacial score (nSPS) is 15.0. The Labute approximate surface area is 246 Å². The first-order chi connectivity index (χ1) is 20.5. The summed E-state index contributed by atoms with van der Waals surface area (Å²) < 4.78 is 0. The van der Waals surface area contributed by atoms with E-state index in [0.29, 0.717) is 27.7 Å². The zero-order valence-electron chi connectivity index (χ0n) is 23.8. The molecule has 0 bridgehead atoms. The maximum atomic E-state index is 13.3. The second-order valence-corrected chi connectivity index (χ2v) is 10.9. The van der Waals surface area contributed by atoms with Gasteiger partial charge in [-0.2, -0.15) is 0 Å². The van der Waals surface area contributed by atoms with Gasteiger partial charge in [-0.3, -0.25) is 14.7 Å². The van der Waals surface area contributed by atoms with Gasteiger partial charge < -0.3 is 15.4 Å². The molecule has 1 amide bonds. The number of pyridine rings is 1. The highest BCUT2D eigenvalue weighted by Gasteiger charge is 2.21. The first-order valence-electron chi connectivity index (χ1n) is 14.6. The van der Waals surface area contributed by atoms with E-state index in [0.717, 1.165) is 36.4 Å². The fraction of sp³-hybridized carbons (Fsp3) is 0.229. The second-order valence-electron chi connectivity index (χ2n) is 10.9. The molecule has 0 radical (unpaired) electrons. The summed E-state index contributed by atoms with van der Waals surface area (Å²) in [5.41, 5.74) is 6.14. The Kier molecular flexibility index (Phi) is 8.10. The van der Waals surface area contributed by atoms with Gasteiger partial charge >= 0.3 is 0 Å². The van der Waals surface area contributed by atoms with Crippen LogP contribution in [0.2, 0.25) is 0 Å². The number of likely N-dealkylation sites (tertiary alicyclic amines) is 1. The lowest BCUT2D eigenvalue weighted by atomic mass is 10.0. The van der Waals surface area contributed by atoms with E-state index in [1.165, 1.54) is 24.8 Å². The molecule has 5 aromatic rings. The Balaban J connectivity index is 1.34. The van der Waals surface area contributed by atoms with Gasteiger partial charge in [0, 0.05) is 41.0 Å². The van der Waals surface area contributed by atoms with Gasteiger partial charge in [-0.25, -0.2) is 4.99 Å². The highest BCUT2D eigenvalue weighted by atomic mass is 16.3. The zero-order chi connectivity index (χ0) is 28.9. The number of fused-ring (bicyclic) bond motifs is 1. The van der Waals surface area contributed by atoms with E-state index in [2.05, 4.69) is 32.3 Å². The minimum atomic E-state index is -0.191. The molecule has 0 aliphatic carbocycles. The van der Waals surface area contributed by atoms with Gasteiger partial charge in [0.1, 0.15) is 0 Å². The minimum absolute atomic E-state index is 0.00969. The number of aromatic hydroxyl groups is 1. The number of amides is 1. The minimum Gasteiger partial charge on any atom is -0.494 e. The number of nitrogens with zero attached hydrogens (tertiary/aromatic N) is 3. The van der Waals surface area contributed by atoms with Crippen LogP contribution in [0.15, 0.2) is 102 Å². The molecule has 7 nitrogen and oxygen atoms in total. The van der Waals surface area contributed by atoms with Crippen molar-refractivity contribution in [2.75, 3.05) is 13.1 Å². The number of aromatic amines is 1. The van der Waals surface area contributed by atoms with Crippen LogP contribution in [0.4, 0.5) is 5.69 Å². The molecule has 42 heavy (non-hydrogen) atoms. The van der Waals surface area contributed by atoms with Crippen molar-refractivity contribution in [2.45, 2.75) is 38.8 Å². The van der Waals surface area contributed by atoms with E-state index in [9.17, 15) is 9.90 Å². The molecule has 0 unspecified atom stereocenters. The van der Waals surface area contributed by atoms with Crippen LogP contribution in [0.5, 0.6) is 5.88 Å².